The number of thiophene rings is 1. The first-order valence-corrected chi connectivity index (χ1v) is 8.16. The van der Waals surface area contributed by atoms with Crippen LogP contribution in [0.5, 0.6) is 0 Å². The van der Waals surface area contributed by atoms with Gasteiger partial charge in [-0.25, -0.2) is 9.97 Å². The monoisotopic (exact) mass is 296 g/mol. The van der Waals surface area contributed by atoms with Crippen LogP contribution in [-0.2, 0) is 12.8 Å². The molecule has 3 aromatic rings. The molecule has 0 amide bonds. The molecule has 0 spiro atoms. The van der Waals surface area contributed by atoms with Crippen molar-refractivity contribution in [1.29, 1.82) is 0 Å². The summed E-state index contributed by atoms with van der Waals surface area (Å²) in [7, 11) is 0. The molecule has 0 saturated heterocycles. The number of aryl methyl sites for hydroxylation is 2. The van der Waals surface area contributed by atoms with Crippen molar-refractivity contribution in [3.8, 4) is 11.5 Å². The van der Waals surface area contributed by atoms with E-state index in [4.69, 9.17) is 9.97 Å². The van der Waals surface area contributed by atoms with Gasteiger partial charge in [0.2, 0.25) is 0 Å². The minimum atomic E-state index is 0.707. The summed E-state index contributed by atoms with van der Waals surface area (Å²) < 4.78 is 0. The summed E-state index contributed by atoms with van der Waals surface area (Å²) >= 11 is 1.82. The SMILES string of the molecule is CCNc1nc(-c2ccccn2)nc2sc3c(c12)CCC3. The predicted molar refractivity (Wildman–Crippen MR) is 86.8 cm³/mol. The quantitative estimate of drug-likeness (QED) is 0.801. The van der Waals surface area contributed by atoms with Crippen LogP contribution in [0.3, 0.4) is 0 Å². The van der Waals surface area contributed by atoms with E-state index < -0.39 is 0 Å². The summed E-state index contributed by atoms with van der Waals surface area (Å²) in [6.45, 7) is 2.96. The number of nitrogens with one attached hydrogen (secondary N) is 1. The van der Waals surface area contributed by atoms with E-state index in [1.165, 1.54) is 28.7 Å². The third-order valence-electron chi connectivity index (χ3n) is 3.80. The largest absolute Gasteiger partial charge is 0.370 e. The van der Waals surface area contributed by atoms with Gasteiger partial charge < -0.3 is 5.32 Å². The molecule has 1 aliphatic carbocycles. The minimum absolute atomic E-state index is 0.707. The van der Waals surface area contributed by atoms with Crippen molar-refractivity contribution in [1.82, 2.24) is 15.0 Å². The number of hydrogen-bond acceptors (Lipinski definition) is 5. The number of pyridine rings is 1. The van der Waals surface area contributed by atoms with Crippen LogP contribution in [0.4, 0.5) is 5.82 Å². The van der Waals surface area contributed by atoms with E-state index >= 15 is 0 Å². The Kier molecular flexibility index (Phi) is 3.07. The fourth-order valence-corrected chi connectivity index (χ4v) is 4.16. The van der Waals surface area contributed by atoms with Crippen molar-refractivity contribution in [3.63, 3.8) is 0 Å². The summed E-state index contributed by atoms with van der Waals surface area (Å²) in [5.74, 6) is 1.67. The fourth-order valence-electron chi connectivity index (χ4n) is 2.90. The molecule has 3 heterocycles. The number of fused-ring (bicyclic) bond motifs is 3. The van der Waals surface area contributed by atoms with Gasteiger partial charge in [-0.3, -0.25) is 4.98 Å². The first-order chi connectivity index (χ1) is 10.4. The van der Waals surface area contributed by atoms with Crippen LogP contribution >= 0.6 is 11.3 Å². The van der Waals surface area contributed by atoms with E-state index in [1.807, 2.05) is 29.5 Å². The molecule has 0 fully saturated rings. The smallest absolute Gasteiger partial charge is 0.181 e. The average Bonchev–Trinajstić information content (AvgIpc) is 3.08. The van der Waals surface area contributed by atoms with Crippen LogP contribution in [-0.4, -0.2) is 21.5 Å². The molecule has 0 saturated carbocycles. The van der Waals surface area contributed by atoms with Gasteiger partial charge in [0.1, 0.15) is 16.3 Å². The summed E-state index contributed by atoms with van der Waals surface area (Å²) in [4.78, 5) is 16.4. The maximum Gasteiger partial charge on any atom is 0.181 e. The molecule has 3 aromatic heterocycles. The van der Waals surface area contributed by atoms with Crippen molar-refractivity contribution >= 4 is 27.4 Å². The summed E-state index contributed by atoms with van der Waals surface area (Å²) in [6.07, 6.45) is 5.37. The number of hydrogen-bond donors (Lipinski definition) is 1. The lowest BCUT2D eigenvalue weighted by Crippen LogP contribution is -2.03. The van der Waals surface area contributed by atoms with Crippen molar-refractivity contribution in [3.05, 3.63) is 34.8 Å². The topological polar surface area (TPSA) is 50.7 Å². The molecule has 5 heteroatoms. The second kappa shape index (κ2) is 5.07. The number of anilines is 1. The van der Waals surface area contributed by atoms with E-state index in [9.17, 15) is 0 Å². The predicted octanol–water partition coefficient (Wildman–Crippen LogP) is 3.67. The molecule has 0 aliphatic heterocycles. The average molecular weight is 296 g/mol. The molecule has 106 valence electrons. The maximum atomic E-state index is 4.76. The lowest BCUT2D eigenvalue weighted by atomic mass is 10.2. The first-order valence-electron chi connectivity index (χ1n) is 7.34. The van der Waals surface area contributed by atoms with Crippen molar-refractivity contribution in [2.75, 3.05) is 11.9 Å². The molecule has 4 rings (SSSR count). The van der Waals surface area contributed by atoms with Gasteiger partial charge in [-0.15, -0.1) is 11.3 Å². The second-order valence-electron chi connectivity index (χ2n) is 5.18. The highest BCUT2D eigenvalue weighted by atomic mass is 32.1. The highest BCUT2D eigenvalue weighted by Crippen LogP contribution is 2.40. The Hall–Kier alpha value is -2.01. The van der Waals surface area contributed by atoms with Crippen LogP contribution in [0.1, 0.15) is 23.8 Å². The Morgan fingerprint density at radius 2 is 2.19 bits per heavy atom. The molecule has 1 N–H and O–H groups in total. The number of aromatic nitrogens is 3. The van der Waals surface area contributed by atoms with E-state index in [2.05, 4.69) is 17.2 Å². The Bertz CT molecular complexity index is 795. The molecule has 0 radical (unpaired) electrons. The molecule has 0 atom stereocenters. The third kappa shape index (κ3) is 2.08. The zero-order valence-electron chi connectivity index (χ0n) is 11.9. The van der Waals surface area contributed by atoms with Gasteiger partial charge in [0.15, 0.2) is 5.82 Å². The van der Waals surface area contributed by atoms with E-state index in [-0.39, 0.29) is 0 Å². The van der Waals surface area contributed by atoms with Crippen molar-refractivity contribution < 1.29 is 0 Å². The van der Waals surface area contributed by atoms with Gasteiger partial charge in [-0.05, 0) is 43.9 Å². The van der Waals surface area contributed by atoms with E-state index in [0.29, 0.717) is 5.82 Å². The molecule has 1 aliphatic rings. The van der Waals surface area contributed by atoms with Gasteiger partial charge in [0, 0.05) is 17.6 Å². The van der Waals surface area contributed by atoms with Gasteiger partial charge in [-0.2, -0.15) is 0 Å². The molecule has 0 aromatic carbocycles. The van der Waals surface area contributed by atoms with Crippen LogP contribution in [0, 0.1) is 0 Å². The summed E-state index contributed by atoms with van der Waals surface area (Å²) in [6, 6.07) is 5.84. The standard InChI is InChI=1S/C16H16N4S/c1-2-17-15-13-10-6-5-8-12(10)21-16(13)20-14(19-15)11-7-3-4-9-18-11/h3-4,7,9H,2,5-6,8H2,1H3,(H,17,19,20). The lowest BCUT2D eigenvalue weighted by Gasteiger charge is -2.08. The van der Waals surface area contributed by atoms with Crippen LogP contribution in [0.2, 0.25) is 0 Å². The molecule has 0 bridgehead atoms. The number of nitrogens with zero attached hydrogens (tertiary/aromatic N) is 3. The Labute approximate surface area is 127 Å². The highest BCUT2D eigenvalue weighted by molar-refractivity contribution is 7.19. The van der Waals surface area contributed by atoms with Gasteiger partial charge >= 0.3 is 0 Å². The Morgan fingerprint density at radius 1 is 1.24 bits per heavy atom. The normalized spacial score (nSPS) is 13.6. The molecular formula is C16H16N4S. The first kappa shape index (κ1) is 12.7. The van der Waals surface area contributed by atoms with E-state index in [0.717, 1.165) is 29.3 Å². The summed E-state index contributed by atoms with van der Waals surface area (Å²) in [5, 5.41) is 4.63. The van der Waals surface area contributed by atoms with Gasteiger partial charge in [0.05, 0.1) is 5.39 Å². The third-order valence-corrected chi connectivity index (χ3v) is 4.99. The molecule has 4 nitrogen and oxygen atoms in total. The maximum absolute atomic E-state index is 4.76. The molecule has 21 heavy (non-hydrogen) atoms. The van der Waals surface area contributed by atoms with Crippen LogP contribution in [0.15, 0.2) is 24.4 Å². The van der Waals surface area contributed by atoms with Gasteiger partial charge in [0.25, 0.3) is 0 Å². The van der Waals surface area contributed by atoms with Gasteiger partial charge in [-0.1, -0.05) is 6.07 Å². The fraction of sp³-hybridized carbons (Fsp3) is 0.312. The van der Waals surface area contributed by atoms with Crippen LogP contribution < -0.4 is 5.32 Å². The Morgan fingerprint density at radius 3 is 3.00 bits per heavy atom. The molecular weight excluding hydrogens is 280 g/mol. The van der Waals surface area contributed by atoms with Crippen molar-refractivity contribution in [2.24, 2.45) is 0 Å². The lowest BCUT2D eigenvalue weighted by molar-refractivity contribution is 0.917. The number of rotatable bonds is 3. The minimum Gasteiger partial charge on any atom is -0.370 e. The van der Waals surface area contributed by atoms with Crippen LogP contribution in [0.25, 0.3) is 21.7 Å². The summed E-state index contributed by atoms with van der Waals surface area (Å²) in [5.41, 5.74) is 2.28. The second-order valence-corrected chi connectivity index (χ2v) is 6.26. The van der Waals surface area contributed by atoms with E-state index in [1.54, 1.807) is 6.20 Å². The highest BCUT2D eigenvalue weighted by Gasteiger charge is 2.22. The zero-order valence-corrected chi connectivity index (χ0v) is 12.7. The zero-order chi connectivity index (χ0) is 14.2. The van der Waals surface area contributed by atoms with Crippen molar-refractivity contribution in [2.45, 2.75) is 26.2 Å². The Balaban J connectivity index is 1.95. The molecule has 0 unspecified atom stereocenters.